The third-order valence-electron chi connectivity index (χ3n) is 7.48. The lowest BCUT2D eigenvalue weighted by atomic mass is 10.0. The Morgan fingerprint density at radius 3 is 2.39 bits per heavy atom. The number of amides is 1. The van der Waals surface area contributed by atoms with E-state index in [2.05, 4.69) is 4.90 Å². The minimum Gasteiger partial charge on any atom is -0.493 e. The molecule has 0 bridgehead atoms. The highest BCUT2D eigenvalue weighted by atomic mass is 32.2. The lowest BCUT2D eigenvalue weighted by Gasteiger charge is -2.35. The number of piperazine rings is 1. The van der Waals surface area contributed by atoms with Gasteiger partial charge < -0.3 is 19.3 Å². The molecule has 0 N–H and O–H groups in total. The fraction of sp³-hybridized carbons (Fsp3) is 0.481. The number of hydrogen-bond donors (Lipinski definition) is 0. The molecule has 0 aliphatic carbocycles. The molecule has 204 valence electrons. The molecule has 2 aromatic carbocycles. The number of thiazole rings is 1. The predicted molar refractivity (Wildman–Crippen MR) is 149 cm³/mol. The van der Waals surface area contributed by atoms with Crippen molar-refractivity contribution >= 4 is 42.6 Å². The van der Waals surface area contributed by atoms with E-state index in [1.165, 1.54) is 0 Å². The van der Waals surface area contributed by atoms with E-state index in [9.17, 15) is 13.2 Å². The molecule has 0 saturated carbocycles. The predicted octanol–water partition coefficient (Wildman–Crippen LogP) is 4.23. The number of piperidine rings is 1. The van der Waals surface area contributed by atoms with Gasteiger partial charge in [0.05, 0.1) is 23.8 Å². The number of ether oxygens (including phenoxy) is 2. The van der Waals surface area contributed by atoms with Crippen LogP contribution in [0.5, 0.6) is 11.5 Å². The average Bonchev–Trinajstić information content (AvgIpc) is 3.41. The minimum atomic E-state index is -3.57. The molecule has 3 aromatic rings. The molecule has 1 unspecified atom stereocenters. The summed E-state index contributed by atoms with van der Waals surface area (Å²) in [7, 11) is -0.354. The van der Waals surface area contributed by atoms with Gasteiger partial charge in [-0.1, -0.05) is 24.7 Å². The molecule has 2 aliphatic rings. The highest BCUT2D eigenvalue weighted by Gasteiger charge is 2.33. The zero-order valence-electron chi connectivity index (χ0n) is 22.1. The van der Waals surface area contributed by atoms with Crippen molar-refractivity contribution in [1.82, 2.24) is 14.2 Å². The van der Waals surface area contributed by atoms with Crippen LogP contribution in [0.15, 0.2) is 41.3 Å². The van der Waals surface area contributed by atoms with Crippen LogP contribution in [-0.4, -0.2) is 81.5 Å². The first-order valence-corrected chi connectivity index (χ1v) is 15.3. The molecule has 2 aliphatic heterocycles. The highest BCUT2D eigenvalue weighted by molar-refractivity contribution is 7.89. The number of methoxy groups -OCH3 is 2. The summed E-state index contributed by atoms with van der Waals surface area (Å²) in [5, 5.41) is 0.885. The Morgan fingerprint density at radius 1 is 1.00 bits per heavy atom. The van der Waals surface area contributed by atoms with E-state index in [1.807, 2.05) is 24.0 Å². The number of hydrogen-bond acceptors (Lipinski definition) is 8. The third-order valence-corrected chi connectivity index (χ3v) is 10.5. The van der Waals surface area contributed by atoms with Gasteiger partial charge in [0.25, 0.3) is 5.91 Å². The normalized spacial score (nSPS) is 19.1. The second-order valence-electron chi connectivity index (χ2n) is 9.62. The number of carbonyl (C=O) groups is 1. The Kier molecular flexibility index (Phi) is 7.78. The molecule has 5 rings (SSSR count). The first-order chi connectivity index (χ1) is 18.4. The lowest BCUT2D eigenvalue weighted by Crippen LogP contribution is -2.48. The summed E-state index contributed by atoms with van der Waals surface area (Å²) in [6, 6.07) is 10.3. The van der Waals surface area contributed by atoms with Crippen molar-refractivity contribution < 1.29 is 22.7 Å². The summed E-state index contributed by atoms with van der Waals surface area (Å²) in [6.45, 7) is 5.02. The largest absolute Gasteiger partial charge is 0.493 e. The minimum absolute atomic E-state index is 0.0462. The van der Waals surface area contributed by atoms with E-state index >= 15 is 0 Å². The zero-order chi connectivity index (χ0) is 26.9. The van der Waals surface area contributed by atoms with Gasteiger partial charge in [0.15, 0.2) is 16.6 Å². The molecule has 11 heteroatoms. The molecule has 38 heavy (non-hydrogen) atoms. The second-order valence-corrected chi connectivity index (χ2v) is 12.5. The van der Waals surface area contributed by atoms with Crippen LogP contribution < -0.4 is 14.4 Å². The van der Waals surface area contributed by atoms with Crippen LogP contribution in [0.3, 0.4) is 0 Å². The SMILES string of the molecule is CCC1CCCCN1S(=O)(=O)c1ccc(C(=O)N2CCN(c3nc4c(OC)c(OC)ccc4s3)CC2)cc1. The van der Waals surface area contributed by atoms with Crippen molar-refractivity contribution in [1.29, 1.82) is 0 Å². The van der Waals surface area contributed by atoms with Gasteiger partial charge in [-0.05, 0) is 55.7 Å². The van der Waals surface area contributed by atoms with Gasteiger partial charge in [-0.2, -0.15) is 4.31 Å². The number of anilines is 1. The number of aromatic nitrogens is 1. The van der Waals surface area contributed by atoms with Gasteiger partial charge in [0.2, 0.25) is 10.0 Å². The van der Waals surface area contributed by atoms with E-state index in [0.29, 0.717) is 49.8 Å². The van der Waals surface area contributed by atoms with Crippen molar-refractivity contribution in [2.75, 3.05) is 51.8 Å². The Bertz CT molecular complexity index is 1400. The van der Waals surface area contributed by atoms with Crippen LogP contribution in [0, 0.1) is 0 Å². The Balaban J connectivity index is 1.25. The third kappa shape index (κ3) is 4.94. The number of rotatable bonds is 7. The van der Waals surface area contributed by atoms with Crippen LogP contribution in [0.25, 0.3) is 10.2 Å². The van der Waals surface area contributed by atoms with Crippen molar-refractivity contribution in [3.8, 4) is 11.5 Å². The molecular formula is C27H34N4O5S2. The van der Waals surface area contributed by atoms with Crippen LogP contribution in [0.4, 0.5) is 5.13 Å². The summed E-state index contributed by atoms with van der Waals surface area (Å²) in [4.78, 5) is 22.3. The molecular weight excluding hydrogens is 524 g/mol. The maximum atomic E-state index is 13.3. The summed E-state index contributed by atoms with van der Waals surface area (Å²) < 4.78 is 40.1. The van der Waals surface area contributed by atoms with Gasteiger partial charge in [-0.25, -0.2) is 13.4 Å². The standard InChI is InChI=1S/C27H34N4O5S2/c1-4-20-7-5-6-14-31(20)38(33,34)21-10-8-19(9-11-21)26(32)29-15-17-30(18-16-29)27-28-24-23(37-27)13-12-22(35-2)25(24)36-3/h8-13,20H,4-7,14-18H2,1-3H3. The van der Waals surface area contributed by atoms with Gasteiger partial charge in [-0.15, -0.1) is 0 Å². The van der Waals surface area contributed by atoms with Gasteiger partial charge >= 0.3 is 0 Å². The molecule has 0 spiro atoms. The summed E-state index contributed by atoms with van der Waals surface area (Å²) in [6.07, 6.45) is 3.65. The Hall–Kier alpha value is -2.89. The van der Waals surface area contributed by atoms with Gasteiger partial charge in [-0.3, -0.25) is 4.79 Å². The van der Waals surface area contributed by atoms with E-state index in [4.69, 9.17) is 14.5 Å². The summed E-state index contributed by atoms with van der Waals surface area (Å²) in [5.41, 5.74) is 1.27. The monoisotopic (exact) mass is 558 g/mol. The topological polar surface area (TPSA) is 92.3 Å². The molecule has 2 saturated heterocycles. The lowest BCUT2D eigenvalue weighted by molar-refractivity contribution is 0.0746. The summed E-state index contributed by atoms with van der Waals surface area (Å²) in [5.74, 6) is 1.18. The van der Waals surface area contributed by atoms with Crippen LogP contribution in [0.1, 0.15) is 43.0 Å². The van der Waals surface area contributed by atoms with Crippen LogP contribution >= 0.6 is 11.3 Å². The van der Waals surface area contributed by atoms with Crippen molar-refractivity contribution in [3.05, 3.63) is 42.0 Å². The maximum Gasteiger partial charge on any atom is 0.253 e. The maximum absolute atomic E-state index is 13.3. The van der Waals surface area contributed by atoms with Gasteiger partial charge in [0, 0.05) is 44.3 Å². The van der Waals surface area contributed by atoms with Crippen molar-refractivity contribution in [2.24, 2.45) is 0 Å². The van der Waals surface area contributed by atoms with Crippen molar-refractivity contribution in [3.63, 3.8) is 0 Å². The van der Waals surface area contributed by atoms with E-state index in [0.717, 1.165) is 41.0 Å². The fourth-order valence-electron chi connectivity index (χ4n) is 5.32. The van der Waals surface area contributed by atoms with E-state index in [1.54, 1.807) is 54.1 Å². The van der Waals surface area contributed by atoms with Crippen molar-refractivity contribution in [2.45, 2.75) is 43.5 Å². The first kappa shape index (κ1) is 26.7. The average molecular weight is 559 g/mol. The number of carbonyl (C=O) groups excluding carboxylic acids is 1. The number of benzene rings is 2. The first-order valence-electron chi connectivity index (χ1n) is 13.0. The molecule has 1 amide bonds. The van der Waals surface area contributed by atoms with E-state index in [-0.39, 0.29) is 16.8 Å². The fourth-order valence-corrected chi connectivity index (χ4v) is 8.10. The molecule has 3 heterocycles. The van der Waals surface area contributed by atoms with Crippen LogP contribution in [0.2, 0.25) is 0 Å². The molecule has 1 atom stereocenters. The smallest absolute Gasteiger partial charge is 0.253 e. The quantitative estimate of drug-likeness (QED) is 0.429. The Morgan fingerprint density at radius 2 is 1.74 bits per heavy atom. The number of nitrogens with zero attached hydrogens (tertiary/aromatic N) is 4. The van der Waals surface area contributed by atoms with Crippen LogP contribution in [-0.2, 0) is 10.0 Å². The zero-order valence-corrected chi connectivity index (χ0v) is 23.7. The molecule has 9 nitrogen and oxygen atoms in total. The molecule has 1 aromatic heterocycles. The molecule has 2 fully saturated rings. The second kappa shape index (κ2) is 11.1. The van der Waals surface area contributed by atoms with Gasteiger partial charge in [0.1, 0.15) is 5.52 Å². The van der Waals surface area contributed by atoms with E-state index < -0.39 is 10.0 Å². The highest BCUT2D eigenvalue weighted by Crippen LogP contribution is 2.40. The number of fused-ring (bicyclic) bond motifs is 1. The number of sulfonamides is 1. The Labute approximate surface area is 228 Å². The summed E-state index contributed by atoms with van der Waals surface area (Å²) >= 11 is 1.59. The molecule has 0 radical (unpaired) electrons.